The van der Waals surface area contributed by atoms with Gasteiger partial charge in [0.25, 0.3) is 3.03 Å². The lowest BCUT2D eigenvalue weighted by atomic mass is 10.2. The first kappa shape index (κ1) is 23.1. The van der Waals surface area contributed by atoms with Gasteiger partial charge < -0.3 is 0 Å². The minimum Gasteiger partial charge on any atom is -0.227 e. The third-order valence-corrected chi connectivity index (χ3v) is 24.1. The van der Waals surface area contributed by atoms with Crippen molar-refractivity contribution in [2.24, 2.45) is 0 Å². The third-order valence-electron chi connectivity index (χ3n) is 4.20. The lowest BCUT2D eigenvalue weighted by Gasteiger charge is -2.40. The van der Waals surface area contributed by atoms with Gasteiger partial charge in [-0.25, -0.2) is 25.3 Å². The Morgan fingerprint density at radius 3 is 1.35 bits per heavy atom. The molecule has 0 radical (unpaired) electrons. The van der Waals surface area contributed by atoms with Crippen LogP contribution in [0.4, 0.5) is 0 Å². The Kier molecular flexibility index (Phi) is 7.55. The zero-order valence-corrected chi connectivity index (χ0v) is 18.4. The number of hydrogen-bond acceptors (Lipinski definition) is 6. The molecule has 0 rings (SSSR count). The fourth-order valence-corrected chi connectivity index (χ4v) is 24.7. The molecule has 0 spiro atoms. The third kappa shape index (κ3) is 4.58. The van der Waals surface area contributed by atoms with Crippen LogP contribution >= 0.6 is 0 Å². The van der Waals surface area contributed by atoms with Crippen LogP contribution in [0.5, 0.6) is 0 Å². The van der Waals surface area contributed by atoms with Crippen LogP contribution in [0.25, 0.3) is 0 Å². The second-order valence-corrected chi connectivity index (χ2v) is 20.3. The molecule has 0 fully saturated rings. The highest BCUT2D eigenvalue weighted by Crippen LogP contribution is 2.42. The minimum atomic E-state index is -4.36. The highest BCUT2D eigenvalue weighted by atomic mass is 32.3. The Balaban J connectivity index is 6.08. The summed E-state index contributed by atoms with van der Waals surface area (Å²) in [5, 5.41) is 0. The molecule has 0 aromatic rings. The SMILES string of the molecule is CCCCCCC[Si](C)(C)C(S(C)(=O)=O)(S(C)(=O)=O)S(C)(=O)=O. The van der Waals surface area contributed by atoms with Crippen molar-refractivity contribution < 1.29 is 25.3 Å². The molecule has 0 amide bonds. The Hall–Kier alpha value is 0.0669. The molecular weight excluding hydrogens is 376 g/mol. The smallest absolute Gasteiger partial charge is 0.227 e. The summed E-state index contributed by atoms with van der Waals surface area (Å²) in [5.74, 6) is 0. The van der Waals surface area contributed by atoms with Gasteiger partial charge in [0.1, 0.15) is 8.07 Å². The lowest BCUT2D eigenvalue weighted by Crippen LogP contribution is -2.67. The predicted octanol–water partition coefficient (Wildman–Crippen LogP) is 1.99. The zero-order chi connectivity index (χ0) is 18.7. The molecule has 0 N–H and O–H groups in total. The van der Waals surface area contributed by atoms with Crippen LogP contribution in [0.15, 0.2) is 0 Å². The molecule has 0 aliphatic heterocycles. The Bertz CT molecular complexity index is 626. The molecule has 0 aliphatic rings. The maximum Gasteiger partial charge on any atom is 0.256 e. The fourth-order valence-electron chi connectivity index (χ4n) is 3.65. The monoisotopic (exact) mass is 406 g/mol. The molecule has 140 valence electrons. The normalized spacial score (nSPS) is 14.9. The van der Waals surface area contributed by atoms with E-state index in [1.807, 2.05) is 0 Å². The van der Waals surface area contributed by atoms with E-state index in [-0.39, 0.29) is 0 Å². The molecule has 0 aliphatic carbocycles. The van der Waals surface area contributed by atoms with Gasteiger partial charge in [0.05, 0.1) is 0 Å². The van der Waals surface area contributed by atoms with E-state index in [9.17, 15) is 25.3 Å². The molecule has 23 heavy (non-hydrogen) atoms. The second-order valence-electron chi connectivity index (χ2n) is 6.92. The fraction of sp³-hybridized carbons (Fsp3) is 1.00. The zero-order valence-electron chi connectivity index (χ0n) is 14.9. The van der Waals surface area contributed by atoms with Gasteiger partial charge in [0.15, 0.2) is 29.5 Å². The molecular formula is C13H30O6S3Si. The molecule has 0 saturated carbocycles. The Morgan fingerprint density at radius 1 is 0.696 bits per heavy atom. The van der Waals surface area contributed by atoms with E-state index < -0.39 is 40.6 Å². The summed E-state index contributed by atoms with van der Waals surface area (Å²) in [4.78, 5) is 0. The van der Waals surface area contributed by atoms with Gasteiger partial charge in [-0.1, -0.05) is 58.2 Å². The van der Waals surface area contributed by atoms with E-state index in [2.05, 4.69) is 6.92 Å². The average Bonchev–Trinajstić information content (AvgIpc) is 2.21. The van der Waals surface area contributed by atoms with Crippen molar-refractivity contribution in [2.75, 3.05) is 18.8 Å². The summed E-state index contributed by atoms with van der Waals surface area (Å²) >= 11 is 0. The number of unbranched alkanes of at least 4 members (excludes halogenated alkanes) is 4. The van der Waals surface area contributed by atoms with Gasteiger partial charge in [-0.05, 0) is 0 Å². The minimum absolute atomic E-state index is 0.337. The maximum atomic E-state index is 12.4. The summed E-state index contributed by atoms with van der Waals surface area (Å²) < 4.78 is 71.7. The van der Waals surface area contributed by atoms with Crippen molar-refractivity contribution in [3.05, 3.63) is 0 Å². The van der Waals surface area contributed by atoms with Crippen LogP contribution in [0.1, 0.15) is 39.0 Å². The molecule has 6 nitrogen and oxygen atoms in total. The van der Waals surface area contributed by atoms with Gasteiger partial charge >= 0.3 is 0 Å². The molecule has 0 aromatic carbocycles. The average molecular weight is 407 g/mol. The van der Waals surface area contributed by atoms with Crippen LogP contribution in [0.3, 0.4) is 0 Å². The second kappa shape index (κ2) is 7.53. The summed E-state index contributed by atoms with van der Waals surface area (Å²) in [6, 6.07) is 0.337. The summed E-state index contributed by atoms with van der Waals surface area (Å²) in [6.45, 7) is 5.17. The predicted molar refractivity (Wildman–Crippen MR) is 98.3 cm³/mol. The van der Waals surface area contributed by atoms with Crippen LogP contribution in [0, 0.1) is 0 Å². The molecule has 0 bridgehead atoms. The lowest BCUT2D eigenvalue weighted by molar-refractivity contribution is 0.571. The molecule has 0 aromatic heterocycles. The van der Waals surface area contributed by atoms with Gasteiger partial charge in [0.2, 0.25) is 0 Å². The van der Waals surface area contributed by atoms with Crippen LogP contribution in [-0.2, 0) is 29.5 Å². The van der Waals surface area contributed by atoms with Crippen LogP contribution < -0.4 is 0 Å². The van der Waals surface area contributed by atoms with Crippen molar-refractivity contribution in [3.63, 3.8) is 0 Å². The summed E-state index contributed by atoms with van der Waals surface area (Å²) in [7, 11) is -16.3. The highest BCUT2D eigenvalue weighted by molar-refractivity contribution is 8.28. The topological polar surface area (TPSA) is 102 Å². The van der Waals surface area contributed by atoms with E-state index in [0.717, 1.165) is 44.5 Å². The standard InChI is InChI=1S/C13H30O6S3Si/c1-7-8-9-10-11-12-23(5,6)13(20(2,14)15,21(3,16)17)22(4,18)19/h7-12H2,1-6H3. The van der Waals surface area contributed by atoms with Crippen LogP contribution in [0.2, 0.25) is 19.1 Å². The molecule has 10 heteroatoms. The van der Waals surface area contributed by atoms with Crippen molar-refractivity contribution >= 4 is 37.6 Å². The number of rotatable bonds is 10. The molecule has 0 saturated heterocycles. The first-order valence-corrected chi connectivity index (χ1v) is 16.5. The first-order valence-electron chi connectivity index (χ1n) is 7.65. The summed E-state index contributed by atoms with van der Waals surface area (Å²) in [5.41, 5.74) is 0. The van der Waals surface area contributed by atoms with Crippen molar-refractivity contribution in [1.82, 2.24) is 0 Å². The van der Waals surface area contributed by atoms with Gasteiger partial charge in [-0.15, -0.1) is 0 Å². The Labute approximate surface area is 142 Å². The van der Waals surface area contributed by atoms with E-state index in [1.165, 1.54) is 0 Å². The van der Waals surface area contributed by atoms with E-state index in [0.29, 0.717) is 12.5 Å². The van der Waals surface area contributed by atoms with E-state index in [4.69, 9.17) is 0 Å². The van der Waals surface area contributed by atoms with E-state index >= 15 is 0 Å². The van der Waals surface area contributed by atoms with Gasteiger partial charge in [0, 0.05) is 18.8 Å². The van der Waals surface area contributed by atoms with Crippen molar-refractivity contribution in [2.45, 2.75) is 61.2 Å². The highest BCUT2D eigenvalue weighted by Gasteiger charge is 2.68. The molecule has 0 unspecified atom stereocenters. The van der Waals surface area contributed by atoms with Gasteiger partial charge in [-0.2, -0.15) is 0 Å². The number of sulfone groups is 3. The largest absolute Gasteiger partial charge is 0.256 e. The summed E-state index contributed by atoms with van der Waals surface area (Å²) in [6.07, 6.45) is 6.74. The molecule has 0 heterocycles. The molecule has 0 atom stereocenters. The first-order chi connectivity index (χ1) is 10.1. The van der Waals surface area contributed by atoms with Crippen molar-refractivity contribution in [3.8, 4) is 0 Å². The quantitative estimate of drug-likeness (QED) is 0.406. The van der Waals surface area contributed by atoms with Crippen LogP contribution in [-0.4, -0.2) is 55.1 Å². The van der Waals surface area contributed by atoms with E-state index in [1.54, 1.807) is 13.1 Å². The maximum absolute atomic E-state index is 12.4. The van der Waals surface area contributed by atoms with Gasteiger partial charge in [-0.3, -0.25) is 0 Å². The Morgan fingerprint density at radius 2 is 1.04 bits per heavy atom. The number of hydrogen-bond donors (Lipinski definition) is 0. The van der Waals surface area contributed by atoms with Crippen molar-refractivity contribution in [1.29, 1.82) is 0 Å².